The van der Waals surface area contributed by atoms with Crippen molar-refractivity contribution in [3.63, 3.8) is 0 Å². The zero-order valence-corrected chi connectivity index (χ0v) is 22.1. The van der Waals surface area contributed by atoms with Crippen molar-refractivity contribution in [1.82, 2.24) is 25.1 Å². The van der Waals surface area contributed by atoms with Crippen molar-refractivity contribution >= 4 is 40.8 Å². The minimum absolute atomic E-state index is 0.0191. The van der Waals surface area contributed by atoms with Crippen molar-refractivity contribution < 1.29 is 23.1 Å². The van der Waals surface area contributed by atoms with Gasteiger partial charge in [-0.05, 0) is 62.1 Å². The predicted octanol–water partition coefficient (Wildman–Crippen LogP) is 3.77. The molecule has 3 amide bonds. The van der Waals surface area contributed by atoms with E-state index in [2.05, 4.69) is 30.8 Å². The molecule has 1 fully saturated rings. The van der Waals surface area contributed by atoms with Crippen molar-refractivity contribution in [2.24, 2.45) is 0 Å². The van der Waals surface area contributed by atoms with Crippen LogP contribution in [0.2, 0.25) is 0 Å². The van der Waals surface area contributed by atoms with Crippen LogP contribution in [0.3, 0.4) is 0 Å². The molecule has 1 aliphatic heterocycles. The molecule has 1 aliphatic rings. The van der Waals surface area contributed by atoms with Gasteiger partial charge in [0.25, 0.3) is 0 Å². The molecule has 3 N–H and O–H groups in total. The first-order valence-electron chi connectivity index (χ1n) is 12.0. The molecule has 10 nitrogen and oxygen atoms in total. The van der Waals surface area contributed by atoms with Crippen LogP contribution in [0, 0.1) is 11.6 Å². The van der Waals surface area contributed by atoms with E-state index in [1.54, 1.807) is 11.9 Å². The number of hydrogen-bond donors (Lipinski definition) is 3. The van der Waals surface area contributed by atoms with E-state index in [1.807, 2.05) is 7.05 Å². The molecule has 3 aromatic rings. The lowest BCUT2D eigenvalue weighted by Gasteiger charge is -2.24. The number of rotatable bonds is 7. The number of nitrogens with zero attached hydrogens (tertiary/aromatic N) is 4. The fourth-order valence-electron chi connectivity index (χ4n) is 3.95. The van der Waals surface area contributed by atoms with E-state index < -0.39 is 17.5 Å². The Bertz CT molecular complexity index is 1360. The molecular formula is C26H27F2N7O3S. The summed E-state index contributed by atoms with van der Waals surface area (Å²) in [6, 6.07) is 10.7. The Morgan fingerprint density at radius 1 is 1.13 bits per heavy atom. The van der Waals surface area contributed by atoms with Crippen molar-refractivity contribution in [2.45, 2.75) is 18.9 Å². The Kier molecular flexibility index (Phi) is 8.94. The van der Waals surface area contributed by atoms with Gasteiger partial charge in [0.1, 0.15) is 29.5 Å². The number of likely N-dealkylation sites (tertiary alicyclic amines) is 1. The second-order valence-corrected chi connectivity index (χ2v) is 9.44. The topological polar surface area (TPSA) is 112 Å². The molecule has 0 saturated carbocycles. The minimum atomic E-state index is -0.687. The molecule has 0 spiro atoms. The third kappa shape index (κ3) is 7.88. The molecule has 0 aliphatic carbocycles. The Labute approximate surface area is 229 Å². The third-order valence-electron chi connectivity index (χ3n) is 6.05. The maximum atomic E-state index is 14.7. The largest absolute Gasteiger partial charge is 0.439 e. The van der Waals surface area contributed by atoms with Crippen molar-refractivity contribution in [1.29, 1.82) is 0 Å². The quantitative estimate of drug-likeness (QED) is 0.378. The zero-order valence-electron chi connectivity index (χ0n) is 21.3. The number of urea groups is 1. The van der Waals surface area contributed by atoms with Crippen LogP contribution in [0.5, 0.6) is 11.6 Å². The molecule has 1 atom stereocenters. The van der Waals surface area contributed by atoms with Gasteiger partial charge in [-0.25, -0.2) is 23.5 Å². The fraction of sp³-hybridized carbons (Fsp3) is 0.269. The lowest BCUT2D eigenvalue weighted by molar-refractivity contribution is -0.119. The summed E-state index contributed by atoms with van der Waals surface area (Å²) in [7, 11) is 3.74. The Hall–Kier alpha value is -4.23. The highest BCUT2D eigenvalue weighted by atomic mass is 32.1. The van der Waals surface area contributed by atoms with Crippen LogP contribution < -0.4 is 20.7 Å². The number of thiocarbonyl (C=S) groups is 1. The number of anilines is 2. The van der Waals surface area contributed by atoms with Crippen LogP contribution in [0.4, 0.5) is 25.1 Å². The summed E-state index contributed by atoms with van der Waals surface area (Å²) in [6.07, 6.45) is 2.10. The lowest BCUT2D eigenvalue weighted by atomic mass is 10.1. The van der Waals surface area contributed by atoms with Crippen LogP contribution in [0.15, 0.2) is 54.9 Å². The van der Waals surface area contributed by atoms with Crippen molar-refractivity contribution in [3.8, 4) is 11.6 Å². The third-order valence-corrected chi connectivity index (χ3v) is 6.26. The van der Waals surface area contributed by atoms with E-state index in [0.717, 1.165) is 25.6 Å². The first-order chi connectivity index (χ1) is 18.7. The molecule has 204 valence electrons. The highest BCUT2D eigenvalue weighted by molar-refractivity contribution is 7.80. The lowest BCUT2D eigenvalue weighted by Crippen LogP contribution is -2.41. The molecule has 2 heterocycles. The summed E-state index contributed by atoms with van der Waals surface area (Å²) in [6.45, 7) is 1.72. The first kappa shape index (κ1) is 27.8. The number of carbonyl (C=O) groups excluding carboxylic acids is 2. The van der Waals surface area contributed by atoms with Gasteiger partial charge in [0.2, 0.25) is 11.8 Å². The number of nitrogens with one attached hydrogen (secondary N) is 3. The summed E-state index contributed by atoms with van der Waals surface area (Å²) in [4.78, 5) is 36.6. The summed E-state index contributed by atoms with van der Waals surface area (Å²) in [5.74, 6) is -1.04. The van der Waals surface area contributed by atoms with Gasteiger partial charge in [-0.15, -0.1) is 0 Å². The zero-order chi connectivity index (χ0) is 27.9. The summed E-state index contributed by atoms with van der Waals surface area (Å²) < 4.78 is 33.4. The highest BCUT2D eigenvalue weighted by Gasteiger charge is 2.26. The van der Waals surface area contributed by atoms with Crippen LogP contribution in [-0.2, 0) is 11.2 Å². The molecule has 0 bridgehead atoms. The molecule has 1 unspecified atom stereocenters. The molecule has 2 aromatic carbocycles. The van der Waals surface area contributed by atoms with E-state index in [9.17, 15) is 18.4 Å². The van der Waals surface area contributed by atoms with Gasteiger partial charge in [0.15, 0.2) is 5.11 Å². The fourth-order valence-corrected chi connectivity index (χ4v) is 4.17. The van der Waals surface area contributed by atoms with Gasteiger partial charge >= 0.3 is 6.03 Å². The SMILES string of the molecule is CN1CCC(N(C)C(=O)Nc2cc(Oc3ccc(NC(=S)NC(=O)Cc4ccc(F)cc4)c(F)c3)ncn2)C1. The molecule has 0 radical (unpaired) electrons. The summed E-state index contributed by atoms with van der Waals surface area (Å²) >= 11 is 5.10. The maximum Gasteiger partial charge on any atom is 0.323 e. The van der Waals surface area contributed by atoms with Crippen LogP contribution in [0.25, 0.3) is 0 Å². The highest BCUT2D eigenvalue weighted by Crippen LogP contribution is 2.25. The molecule has 4 rings (SSSR count). The second kappa shape index (κ2) is 12.5. The minimum Gasteiger partial charge on any atom is -0.439 e. The number of amides is 3. The monoisotopic (exact) mass is 555 g/mol. The van der Waals surface area contributed by atoms with E-state index >= 15 is 0 Å². The smallest absolute Gasteiger partial charge is 0.323 e. The average molecular weight is 556 g/mol. The Morgan fingerprint density at radius 2 is 1.90 bits per heavy atom. The number of halogens is 2. The maximum absolute atomic E-state index is 14.7. The standard InChI is InChI=1S/C26H27F2N7O3S/c1-34-10-9-18(14-34)35(2)26(37)32-22-13-24(30-15-29-22)38-19-7-8-21(20(28)12-19)31-25(39)33-23(36)11-16-3-5-17(27)6-4-16/h3-8,12-13,15,18H,9-11,14H2,1-2H3,(H,29,30,32,37)(H2,31,33,36,39). The van der Waals surface area contributed by atoms with Crippen LogP contribution in [-0.4, -0.2) is 70.0 Å². The Morgan fingerprint density at radius 3 is 2.59 bits per heavy atom. The van der Waals surface area contributed by atoms with Gasteiger partial charge < -0.3 is 25.2 Å². The second-order valence-electron chi connectivity index (χ2n) is 9.04. The van der Waals surface area contributed by atoms with Gasteiger partial charge in [0.05, 0.1) is 12.1 Å². The Balaban J connectivity index is 1.30. The normalized spacial score (nSPS) is 14.9. The van der Waals surface area contributed by atoms with E-state index in [1.165, 1.54) is 48.8 Å². The molecule has 39 heavy (non-hydrogen) atoms. The number of aromatic nitrogens is 2. The van der Waals surface area contributed by atoms with Gasteiger partial charge in [-0.1, -0.05) is 12.1 Å². The van der Waals surface area contributed by atoms with Crippen LogP contribution >= 0.6 is 12.2 Å². The number of hydrogen-bond acceptors (Lipinski definition) is 7. The molecular weight excluding hydrogens is 528 g/mol. The molecule has 1 aromatic heterocycles. The number of ether oxygens (including phenoxy) is 1. The van der Waals surface area contributed by atoms with E-state index in [0.29, 0.717) is 5.56 Å². The molecule has 1 saturated heterocycles. The number of benzene rings is 2. The van der Waals surface area contributed by atoms with Crippen molar-refractivity contribution in [3.05, 3.63) is 72.1 Å². The van der Waals surface area contributed by atoms with Gasteiger partial charge in [-0.2, -0.15) is 0 Å². The van der Waals surface area contributed by atoms with Gasteiger partial charge in [0, 0.05) is 31.8 Å². The van der Waals surface area contributed by atoms with Gasteiger partial charge in [-0.3, -0.25) is 10.1 Å². The number of carbonyl (C=O) groups is 2. The number of likely N-dealkylation sites (N-methyl/N-ethyl adjacent to an activating group) is 2. The summed E-state index contributed by atoms with van der Waals surface area (Å²) in [5.41, 5.74) is 0.621. The van der Waals surface area contributed by atoms with E-state index in [4.69, 9.17) is 17.0 Å². The van der Waals surface area contributed by atoms with Crippen LogP contribution in [0.1, 0.15) is 12.0 Å². The molecule has 13 heteroatoms. The average Bonchev–Trinajstić information content (AvgIpc) is 3.33. The predicted molar refractivity (Wildman–Crippen MR) is 146 cm³/mol. The first-order valence-corrected chi connectivity index (χ1v) is 12.4. The van der Waals surface area contributed by atoms with Crippen molar-refractivity contribution in [2.75, 3.05) is 37.8 Å². The summed E-state index contributed by atoms with van der Waals surface area (Å²) in [5, 5.41) is 7.70. The van der Waals surface area contributed by atoms with E-state index in [-0.39, 0.29) is 46.7 Å².